The summed E-state index contributed by atoms with van der Waals surface area (Å²) in [5, 5.41) is 5.66. The fraction of sp³-hybridized carbons (Fsp3) is 0.304. The number of aromatic nitrogens is 3. The van der Waals surface area contributed by atoms with Gasteiger partial charge in [-0.15, -0.1) is 0 Å². The van der Waals surface area contributed by atoms with Crippen molar-refractivity contribution in [1.82, 2.24) is 19.9 Å². The number of nitrogens with zero attached hydrogens (tertiary/aromatic N) is 3. The Morgan fingerprint density at radius 1 is 1.07 bits per heavy atom. The molecule has 0 amide bonds. The molecule has 146 valence electrons. The van der Waals surface area contributed by atoms with Gasteiger partial charge in [0.2, 0.25) is 0 Å². The first-order valence-corrected chi connectivity index (χ1v) is 10.6. The number of anilines is 1. The lowest BCUT2D eigenvalue weighted by molar-refractivity contribution is 0.0976. The fourth-order valence-corrected chi connectivity index (χ4v) is 5.07. The van der Waals surface area contributed by atoms with Crippen LogP contribution in [0.25, 0.3) is 33.3 Å². The summed E-state index contributed by atoms with van der Waals surface area (Å²) in [7, 11) is 0. The van der Waals surface area contributed by atoms with Gasteiger partial charge in [-0.1, -0.05) is 23.7 Å². The standard InChI is InChI=1S/C23H22ClN5/c24-15-5-6-18-16(11-15)22(26-21-13-29-9-7-14(21)8-10-29)17(12-25-18)23-27-19-3-1-2-4-20(19)28-23/h1-6,11-12,14,21H,7-10,13H2,(H,25,26)(H,27,28)/t21-/m1/s1. The molecule has 0 aliphatic carbocycles. The summed E-state index contributed by atoms with van der Waals surface area (Å²) >= 11 is 6.37. The Labute approximate surface area is 174 Å². The van der Waals surface area contributed by atoms with Crippen molar-refractivity contribution in [3.05, 3.63) is 53.7 Å². The van der Waals surface area contributed by atoms with E-state index in [-0.39, 0.29) is 0 Å². The number of aromatic amines is 1. The lowest BCUT2D eigenvalue weighted by Gasteiger charge is -2.45. The highest BCUT2D eigenvalue weighted by Crippen LogP contribution is 2.37. The smallest absolute Gasteiger partial charge is 0.142 e. The number of fused-ring (bicyclic) bond motifs is 5. The molecule has 5 nitrogen and oxygen atoms in total. The minimum Gasteiger partial charge on any atom is -0.380 e. The predicted octanol–water partition coefficient (Wildman–Crippen LogP) is 4.94. The number of hydrogen-bond acceptors (Lipinski definition) is 4. The third-order valence-electron chi connectivity index (χ3n) is 6.46. The largest absolute Gasteiger partial charge is 0.380 e. The number of rotatable bonds is 3. The molecule has 0 saturated carbocycles. The van der Waals surface area contributed by atoms with Gasteiger partial charge in [-0.05, 0) is 62.2 Å². The van der Waals surface area contributed by atoms with Gasteiger partial charge >= 0.3 is 0 Å². The molecule has 0 unspecified atom stereocenters. The maximum atomic E-state index is 6.37. The predicted molar refractivity (Wildman–Crippen MR) is 118 cm³/mol. The normalized spacial score (nSPS) is 23.7. The van der Waals surface area contributed by atoms with Crippen LogP contribution in [0.4, 0.5) is 5.69 Å². The van der Waals surface area contributed by atoms with Crippen LogP contribution in [0.1, 0.15) is 12.8 Å². The quantitative estimate of drug-likeness (QED) is 0.508. The van der Waals surface area contributed by atoms with Crippen molar-refractivity contribution < 1.29 is 0 Å². The summed E-state index contributed by atoms with van der Waals surface area (Å²) in [5.41, 5.74) is 5.01. The van der Waals surface area contributed by atoms with Crippen LogP contribution in [0.15, 0.2) is 48.7 Å². The summed E-state index contributed by atoms with van der Waals surface area (Å²) in [6, 6.07) is 14.5. The first kappa shape index (κ1) is 17.2. The molecule has 2 bridgehead atoms. The highest BCUT2D eigenvalue weighted by Gasteiger charge is 2.34. The first-order valence-electron chi connectivity index (χ1n) is 10.3. The summed E-state index contributed by atoms with van der Waals surface area (Å²) in [6.45, 7) is 3.54. The molecule has 29 heavy (non-hydrogen) atoms. The summed E-state index contributed by atoms with van der Waals surface area (Å²) in [4.78, 5) is 15.6. The van der Waals surface area contributed by atoms with Gasteiger partial charge in [0.05, 0.1) is 27.8 Å². The Morgan fingerprint density at radius 2 is 1.93 bits per heavy atom. The maximum absolute atomic E-state index is 6.37. The SMILES string of the molecule is Clc1ccc2ncc(-c3nc4ccccc4[nH]3)c(N[C@@H]3CN4CCC3CC4)c2c1. The van der Waals surface area contributed by atoms with Crippen LogP contribution in [0.3, 0.4) is 0 Å². The molecule has 0 radical (unpaired) electrons. The second kappa shape index (κ2) is 6.71. The number of piperidine rings is 3. The van der Waals surface area contributed by atoms with Crippen LogP contribution in [-0.4, -0.2) is 45.5 Å². The van der Waals surface area contributed by atoms with Gasteiger partial charge in [0.15, 0.2) is 0 Å². The van der Waals surface area contributed by atoms with E-state index >= 15 is 0 Å². The molecular formula is C23H22ClN5. The maximum Gasteiger partial charge on any atom is 0.142 e. The summed E-state index contributed by atoms with van der Waals surface area (Å²) in [5.74, 6) is 1.55. The van der Waals surface area contributed by atoms with Crippen molar-refractivity contribution in [3.63, 3.8) is 0 Å². The van der Waals surface area contributed by atoms with E-state index in [0.717, 1.165) is 50.6 Å². The van der Waals surface area contributed by atoms with E-state index in [2.05, 4.69) is 21.3 Å². The van der Waals surface area contributed by atoms with E-state index in [1.165, 1.54) is 25.9 Å². The Morgan fingerprint density at radius 3 is 2.72 bits per heavy atom. The molecule has 4 aromatic rings. The van der Waals surface area contributed by atoms with Gasteiger partial charge in [-0.25, -0.2) is 4.98 Å². The molecule has 0 spiro atoms. The molecule has 2 N–H and O–H groups in total. The van der Waals surface area contributed by atoms with Crippen molar-refractivity contribution in [1.29, 1.82) is 0 Å². The Kier molecular flexibility index (Phi) is 3.99. The Bertz CT molecular complexity index is 1180. The zero-order valence-corrected chi connectivity index (χ0v) is 16.8. The topological polar surface area (TPSA) is 56.8 Å². The first-order chi connectivity index (χ1) is 14.2. The zero-order valence-electron chi connectivity index (χ0n) is 16.0. The van der Waals surface area contributed by atoms with Crippen LogP contribution in [-0.2, 0) is 0 Å². The van der Waals surface area contributed by atoms with E-state index in [9.17, 15) is 0 Å². The molecule has 3 aliphatic rings. The van der Waals surface area contributed by atoms with E-state index in [1.54, 1.807) is 0 Å². The highest BCUT2D eigenvalue weighted by atomic mass is 35.5. The molecule has 3 aliphatic heterocycles. The van der Waals surface area contributed by atoms with E-state index in [1.807, 2.05) is 42.6 Å². The number of para-hydroxylation sites is 2. The van der Waals surface area contributed by atoms with Crippen LogP contribution >= 0.6 is 11.6 Å². The number of pyridine rings is 1. The van der Waals surface area contributed by atoms with Gasteiger partial charge in [0.25, 0.3) is 0 Å². The third-order valence-corrected chi connectivity index (χ3v) is 6.70. The van der Waals surface area contributed by atoms with Crippen LogP contribution in [0, 0.1) is 5.92 Å². The molecule has 1 atom stereocenters. The minimum atomic E-state index is 0.435. The van der Waals surface area contributed by atoms with Crippen molar-refractivity contribution in [2.75, 3.05) is 25.0 Å². The van der Waals surface area contributed by atoms with Crippen molar-refractivity contribution in [3.8, 4) is 11.4 Å². The van der Waals surface area contributed by atoms with Crippen LogP contribution in [0.2, 0.25) is 5.02 Å². The molecule has 2 aromatic carbocycles. The lowest BCUT2D eigenvalue weighted by atomic mass is 9.83. The number of nitrogens with one attached hydrogen (secondary N) is 2. The number of H-pyrrole nitrogens is 1. The van der Waals surface area contributed by atoms with Crippen LogP contribution < -0.4 is 5.32 Å². The van der Waals surface area contributed by atoms with Gasteiger partial charge in [0, 0.05) is 29.2 Å². The van der Waals surface area contributed by atoms with E-state index < -0.39 is 0 Å². The second-order valence-electron chi connectivity index (χ2n) is 8.20. The van der Waals surface area contributed by atoms with Gasteiger partial charge in [-0.3, -0.25) is 4.98 Å². The zero-order chi connectivity index (χ0) is 19.4. The van der Waals surface area contributed by atoms with Crippen molar-refractivity contribution in [2.45, 2.75) is 18.9 Å². The molecule has 7 rings (SSSR count). The number of benzene rings is 2. The monoisotopic (exact) mass is 403 g/mol. The average Bonchev–Trinajstić information content (AvgIpc) is 3.19. The minimum absolute atomic E-state index is 0.435. The van der Waals surface area contributed by atoms with Gasteiger partial charge < -0.3 is 15.2 Å². The van der Waals surface area contributed by atoms with E-state index in [4.69, 9.17) is 21.6 Å². The Hall–Kier alpha value is -2.63. The molecular weight excluding hydrogens is 382 g/mol. The lowest BCUT2D eigenvalue weighted by Crippen LogP contribution is -2.53. The molecule has 2 aromatic heterocycles. The van der Waals surface area contributed by atoms with Crippen molar-refractivity contribution in [2.24, 2.45) is 5.92 Å². The van der Waals surface area contributed by atoms with E-state index in [0.29, 0.717) is 12.0 Å². The molecule has 5 heterocycles. The van der Waals surface area contributed by atoms with Crippen molar-refractivity contribution >= 4 is 39.2 Å². The number of hydrogen-bond donors (Lipinski definition) is 2. The number of imidazole rings is 1. The van der Waals surface area contributed by atoms with Gasteiger partial charge in [0.1, 0.15) is 5.82 Å². The average molecular weight is 404 g/mol. The fourth-order valence-electron chi connectivity index (χ4n) is 4.89. The van der Waals surface area contributed by atoms with Gasteiger partial charge in [-0.2, -0.15) is 0 Å². The van der Waals surface area contributed by atoms with Crippen LogP contribution in [0.5, 0.6) is 0 Å². The molecule has 3 fully saturated rings. The Balaban J connectivity index is 1.51. The summed E-state index contributed by atoms with van der Waals surface area (Å²) in [6.07, 6.45) is 4.46. The molecule has 3 saturated heterocycles. The second-order valence-corrected chi connectivity index (χ2v) is 8.64. The number of halogens is 1. The molecule has 6 heteroatoms. The highest BCUT2D eigenvalue weighted by molar-refractivity contribution is 6.31. The summed E-state index contributed by atoms with van der Waals surface area (Å²) < 4.78 is 0. The third kappa shape index (κ3) is 2.96.